The van der Waals surface area contributed by atoms with Crippen molar-refractivity contribution in [3.05, 3.63) is 0 Å². The summed E-state index contributed by atoms with van der Waals surface area (Å²) in [5.74, 6) is 2.92. The highest BCUT2D eigenvalue weighted by molar-refractivity contribution is 4.78. The molecule has 1 saturated carbocycles. The first-order valence-electron chi connectivity index (χ1n) is 5.42. The van der Waals surface area contributed by atoms with Crippen molar-refractivity contribution in [2.45, 2.75) is 39.5 Å². The summed E-state index contributed by atoms with van der Waals surface area (Å²) in [6.07, 6.45) is 5.73. The maximum Gasteiger partial charge on any atom is -0.00209 e. The van der Waals surface area contributed by atoms with Gasteiger partial charge in [-0.1, -0.05) is 26.7 Å². The number of hydrogen-bond donors (Lipinski definition) is 1. The van der Waals surface area contributed by atoms with E-state index in [4.69, 9.17) is 0 Å². The molecule has 1 heteroatoms. The first-order valence-corrected chi connectivity index (χ1v) is 5.42. The lowest BCUT2D eigenvalue weighted by molar-refractivity contribution is 0.182. The van der Waals surface area contributed by atoms with E-state index >= 15 is 0 Å². The van der Waals surface area contributed by atoms with E-state index in [0.29, 0.717) is 0 Å². The highest BCUT2D eigenvalue weighted by atomic mass is 14.8. The van der Waals surface area contributed by atoms with E-state index in [9.17, 15) is 0 Å². The minimum atomic E-state index is 0.955. The van der Waals surface area contributed by atoms with Crippen LogP contribution in [0.15, 0.2) is 0 Å². The van der Waals surface area contributed by atoms with Crippen molar-refractivity contribution in [2.75, 3.05) is 13.6 Å². The van der Waals surface area contributed by atoms with Gasteiger partial charge in [0, 0.05) is 0 Å². The van der Waals surface area contributed by atoms with Crippen LogP contribution in [-0.4, -0.2) is 13.6 Å². The summed E-state index contributed by atoms with van der Waals surface area (Å²) in [6.45, 7) is 5.97. The normalized spacial score (nSPS) is 36.8. The number of nitrogens with one attached hydrogen (secondary N) is 1. The Labute approximate surface area is 76.9 Å². The summed E-state index contributed by atoms with van der Waals surface area (Å²) in [5.41, 5.74) is 0. The molecule has 72 valence electrons. The van der Waals surface area contributed by atoms with E-state index < -0.39 is 0 Å². The minimum absolute atomic E-state index is 0.955. The Kier molecular flexibility index (Phi) is 4.07. The van der Waals surface area contributed by atoms with Gasteiger partial charge in [-0.2, -0.15) is 0 Å². The molecule has 3 unspecified atom stereocenters. The Morgan fingerprint density at radius 1 is 1.25 bits per heavy atom. The average Bonchev–Trinajstić information content (AvgIpc) is 2.08. The highest BCUT2D eigenvalue weighted by Gasteiger charge is 2.26. The second-order valence-corrected chi connectivity index (χ2v) is 4.40. The molecule has 1 fully saturated rings. The van der Waals surface area contributed by atoms with Gasteiger partial charge in [-0.25, -0.2) is 0 Å². The van der Waals surface area contributed by atoms with Gasteiger partial charge in [0.1, 0.15) is 0 Å². The Morgan fingerprint density at radius 3 is 2.58 bits per heavy atom. The van der Waals surface area contributed by atoms with Crippen LogP contribution in [0.1, 0.15) is 39.5 Å². The standard InChI is InChI=1S/C11H23N/c1-4-10-7-9(2)5-6-11(10)8-12-3/h9-12H,4-8H2,1-3H3. The Hall–Kier alpha value is -0.0400. The van der Waals surface area contributed by atoms with Gasteiger partial charge >= 0.3 is 0 Å². The zero-order valence-corrected chi connectivity index (χ0v) is 8.77. The molecule has 3 atom stereocenters. The third-order valence-corrected chi connectivity index (χ3v) is 3.39. The Bertz CT molecular complexity index is 122. The molecule has 0 bridgehead atoms. The smallest absolute Gasteiger partial charge is 0.00209 e. The fourth-order valence-electron chi connectivity index (χ4n) is 2.59. The van der Waals surface area contributed by atoms with E-state index in [1.54, 1.807) is 0 Å². The van der Waals surface area contributed by atoms with Crippen molar-refractivity contribution in [3.8, 4) is 0 Å². The van der Waals surface area contributed by atoms with Crippen molar-refractivity contribution in [1.29, 1.82) is 0 Å². The summed E-state index contributed by atoms with van der Waals surface area (Å²) in [5, 5.41) is 3.32. The van der Waals surface area contributed by atoms with E-state index in [1.807, 2.05) is 0 Å². The zero-order chi connectivity index (χ0) is 8.97. The molecule has 1 nitrogen and oxygen atoms in total. The molecular formula is C11H23N. The Morgan fingerprint density at radius 2 is 2.00 bits per heavy atom. The molecule has 1 aliphatic rings. The molecule has 0 aliphatic heterocycles. The summed E-state index contributed by atoms with van der Waals surface area (Å²) < 4.78 is 0. The predicted molar refractivity (Wildman–Crippen MR) is 54.2 cm³/mol. The molecule has 1 aliphatic carbocycles. The van der Waals surface area contributed by atoms with Crippen molar-refractivity contribution in [2.24, 2.45) is 17.8 Å². The maximum atomic E-state index is 3.32. The largest absolute Gasteiger partial charge is 0.319 e. The summed E-state index contributed by atoms with van der Waals surface area (Å²) in [4.78, 5) is 0. The molecule has 0 amide bonds. The van der Waals surface area contributed by atoms with E-state index in [-0.39, 0.29) is 0 Å². The van der Waals surface area contributed by atoms with Crippen molar-refractivity contribution >= 4 is 0 Å². The minimum Gasteiger partial charge on any atom is -0.319 e. The Balaban J connectivity index is 2.39. The average molecular weight is 169 g/mol. The molecule has 1 N–H and O–H groups in total. The van der Waals surface area contributed by atoms with Crippen LogP contribution < -0.4 is 5.32 Å². The zero-order valence-electron chi connectivity index (χ0n) is 8.77. The molecule has 0 heterocycles. The molecule has 0 aromatic rings. The fraction of sp³-hybridized carbons (Fsp3) is 1.00. The second-order valence-electron chi connectivity index (χ2n) is 4.40. The van der Waals surface area contributed by atoms with Crippen LogP contribution in [0.3, 0.4) is 0 Å². The van der Waals surface area contributed by atoms with E-state index in [1.165, 1.54) is 32.2 Å². The number of rotatable bonds is 3. The van der Waals surface area contributed by atoms with Crippen LogP contribution in [-0.2, 0) is 0 Å². The monoisotopic (exact) mass is 169 g/mol. The van der Waals surface area contributed by atoms with E-state index in [2.05, 4.69) is 26.2 Å². The molecule has 12 heavy (non-hydrogen) atoms. The van der Waals surface area contributed by atoms with Gasteiger partial charge in [-0.05, 0) is 44.2 Å². The van der Waals surface area contributed by atoms with Crippen molar-refractivity contribution in [1.82, 2.24) is 5.32 Å². The van der Waals surface area contributed by atoms with Gasteiger partial charge in [-0.15, -0.1) is 0 Å². The van der Waals surface area contributed by atoms with Crippen LogP contribution in [0.2, 0.25) is 0 Å². The molecule has 0 aromatic carbocycles. The maximum absolute atomic E-state index is 3.32. The summed E-state index contributed by atoms with van der Waals surface area (Å²) >= 11 is 0. The van der Waals surface area contributed by atoms with Crippen LogP contribution in [0.4, 0.5) is 0 Å². The van der Waals surface area contributed by atoms with Crippen LogP contribution >= 0.6 is 0 Å². The topological polar surface area (TPSA) is 12.0 Å². The molecule has 1 rings (SSSR count). The summed E-state index contributed by atoms with van der Waals surface area (Å²) in [6, 6.07) is 0. The fourth-order valence-corrected chi connectivity index (χ4v) is 2.59. The molecule has 0 saturated heterocycles. The summed E-state index contributed by atoms with van der Waals surface area (Å²) in [7, 11) is 2.07. The van der Waals surface area contributed by atoms with Gasteiger partial charge in [0.15, 0.2) is 0 Å². The van der Waals surface area contributed by atoms with Crippen LogP contribution in [0.25, 0.3) is 0 Å². The van der Waals surface area contributed by atoms with Gasteiger partial charge in [0.05, 0.1) is 0 Å². The van der Waals surface area contributed by atoms with Crippen molar-refractivity contribution < 1.29 is 0 Å². The lowest BCUT2D eigenvalue weighted by Gasteiger charge is -2.34. The van der Waals surface area contributed by atoms with Crippen LogP contribution in [0, 0.1) is 17.8 Å². The molecule has 0 radical (unpaired) electrons. The van der Waals surface area contributed by atoms with Crippen LogP contribution in [0.5, 0.6) is 0 Å². The lowest BCUT2D eigenvalue weighted by atomic mass is 9.73. The van der Waals surface area contributed by atoms with Gasteiger partial charge < -0.3 is 5.32 Å². The quantitative estimate of drug-likeness (QED) is 0.685. The molecule has 0 spiro atoms. The third kappa shape index (κ3) is 2.48. The third-order valence-electron chi connectivity index (χ3n) is 3.39. The second kappa shape index (κ2) is 4.86. The number of hydrogen-bond acceptors (Lipinski definition) is 1. The molecular weight excluding hydrogens is 146 g/mol. The van der Waals surface area contributed by atoms with Gasteiger partial charge in [0.25, 0.3) is 0 Å². The molecule has 0 aromatic heterocycles. The first kappa shape index (κ1) is 10.0. The van der Waals surface area contributed by atoms with E-state index in [0.717, 1.165) is 17.8 Å². The lowest BCUT2D eigenvalue weighted by Crippen LogP contribution is -2.30. The highest BCUT2D eigenvalue weighted by Crippen LogP contribution is 2.34. The SMILES string of the molecule is CCC1CC(C)CCC1CNC. The van der Waals surface area contributed by atoms with Gasteiger partial charge in [0.2, 0.25) is 0 Å². The van der Waals surface area contributed by atoms with Gasteiger partial charge in [-0.3, -0.25) is 0 Å². The van der Waals surface area contributed by atoms with Crippen molar-refractivity contribution in [3.63, 3.8) is 0 Å². The predicted octanol–water partition coefficient (Wildman–Crippen LogP) is 2.67. The first-order chi connectivity index (χ1) is 5.77.